The summed E-state index contributed by atoms with van der Waals surface area (Å²) in [6.07, 6.45) is 3.24. The van der Waals surface area contributed by atoms with Crippen molar-refractivity contribution in [3.05, 3.63) is 113 Å². The lowest BCUT2D eigenvalue weighted by atomic mass is 9.71. The molecule has 1 aliphatic rings. The molecule has 0 fully saturated rings. The highest BCUT2D eigenvalue weighted by Crippen LogP contribution is 2.42. The standard InChI is InChI=1S/C29H28O3/c1-5-32-28(31)22-8-6-20(7-9-22)19(2)23-12-15-27-26(18-23)25(16-17-29(27,3)4)21-10-13-24(30)14-11-21/h6-16,18,30H,2,5,17H2,1,3-4H3. The van der Waals surface area contributed by atoms with Crippen LogP contribution in [0.3, 0.4) is 0 Å². The Morgan fingerprint density at radius 3 is 2.25 bits per heavy atom. The molecule has 0 aromatic heterocycles. The van der Waals surface area contributed by atoms with Crippen LogP contribution in [0.1, 0.15) is 65.4 Å². The third-order valence-corrected chi connectivity index (χ3v) is 6.13. The Kier molecular flexibility index (Phi) is 5.75. The Hall–Kier alpha value is -3.59. The van der Waals surface area contributed by atoms with Gasteiger partial charge in [-0.15, -0.1) is 0 Å². The number of ether oxygens (including phenoxy) is 1. The number of aromatic hydroxyl groups is 1. The molecular formula is C29H28O3. The predicted octanol–water partition coefficient (Wildman–Crippen LogP) is 6.74. The minimum Gasteiger partial charge on any atom is -0.508 e. The van der Waals surface area contributed by atoms with Gasteiger partial charge in [0, 0.05) is 0 Å². The summed E-state index contributed by atoms with van der Waals surface area (Å²) in [4.78, 5) is 11.9. The fraction of sp³-hybridized carbons (Fsp3) is 0.207. The minimum atomic E-state index is -0.315. The molecule has 0 atom stereocenters. The van der Waals surface area contributed by atoms with Gasteiger partial charge in [-0.1, -0.05) is 62.9 Å². The van der Waals surface area contributed by atoms with Crippen molar-refractivity contribution in [3.63, 3.8) is 0 Å². The predicted molar refractivity (Wildman–Crippen MR) is 130 cm³/mol. The Bertz CT molecular complexity index is 1200. The molecule has 0 saturated carbocycles. The molecule has 0 spiro atoms. The molecule has 4 rings (SSSR count). The summed E-state index contributed by atoms with van der Waals surface area (Å²) < 4.78 is 5.07. The van der Waals surface area contributed by atoms with E-state index in [2.05, 4.69) is 44.7 Å². The second kappa shape index (κ2) is 8.51. The fourth-order valence-electron chi connectivity index (χ4n) is 4.23. The topological polar surface area (TPSA) is 46.5 Å². The molecule has 0 aliphatic heterocycles. The quantitative estimate of drug-likeness (QED) is 0.461. The van der Waals surface area contributed by atoms with E-state index in [1.54, 1.807) is 31.2 Å². The molecule has 162 valence electrons. The molecule has 0 heterocycles. The first-order chi connectivity index (χ1) is 15.3. The van der Waals surface area contributed by atoms with E-state index >= 15 is 0 Å². The normalized spacial score (nSPS) is 14.3. The van der Waals surface area contributed by atoms with Crippen LogP contribution >= 0.6 is 0 Å². The highest BCUT2D eigenvalue weighted by Gasteiger charge is 2.29. The van der Waals surface area contributed by atoms with E-state index in [0.717, 1.165) is 28.7 Å². The van der Waals surface area contributed by atoms with Gasteiger partial charge in [-0.25, -0.2) is 4.79 Å². The van der Waals surface area contributed by atoms with Gasteiger partial charge in [-0.05, 0) is 88.1 Å². The first-order valence-corrected chi connectivity index (χ1v) is 10.9. The third-order valence-electron chi connectivity index (χ3n) is 6.13. The van der Waals surface area contributed by atoms with Gasteiger partial charge in [0.05, 0.1) is 12.2 Å². The van der Waals surface area contributed by atoms with Crippen molar-refractivity contribution in [3.8, 4) is 5.75 Å². The van der Waals surface area contributed by atoms with Crippen molar-refractivity contribution in [2.45, 2.75) is 32.6 Å². The highest BCUT2D eigenvalue weighted by molar-refractivity contribution is 5.91. The molecule has 0 bridgehead atoms. The number of carbonyl (C=O) groups excluding carboxylic acids is 1. The number of fused-ring (bicyclic) bond motifs is 1. The average Bonchev–Trinajstić information content (AvgIpc) is 2.79. The lowest BCUT2D eigenvalue weighted by Crippen LogP contribution is -2.22. The Labute approximate surface area is 189 Å². The Morgan fingerprint density at radius 2 is 1.59 bits per heavy atom. The van der Waals surface area contributed by atoms with E-state index in [1.807, 2.05) is 24.3 Å². The second-order valence-electron chi connectivity index (χ2n) is 8.79. The maximum absolute atomic E-state index is 11.9. The Morgan fingerprint density at radius 1 is 0.969 bits per heavy atom. The number of allylic oxidation sites excluding steroid dienone is 1. The smallest absolute Gasteiger partial charge is 0.338 e. The number of phenols is 1. The van der Waals surface area contributed by atoms with Crippen LogP contribution in [-0.4, -0.2) is 17.7 Å². The van der Waals surface area contributed by atoms with Crippen LogP contribution in [0.5, 0.6) is 5.75 Å². The number of phenolic OH excluding ortho intramolecular Hbond substituents is 1. The lowest BCUT2D eigenvalue weighted by Gasteiger charge is -2.33. The van der Waals surface area contributed by atoms with Gasteiger partial charge in [0.25, 0.3) is 0 Å². The van der Waals surface area contributed by atoms with E-state index in [9.17, 15) is 9.90 Å². The van der Waals surface area contributed by atoms with Crippen molar-refractivity contribution in [2.75, 3.05) is 6.61 Å². The monoisotopic (exact) mass is 424 g/mol. The molecule has 1 N–H and O–H groups in total. The van der Waals surface area contributed by atoms with Crippen molar-refractivity contribution >= 4 is 17.1 Å². The number of benzene rings is 3. The van der Waals surface area contributed by atoms with Crippen molar-refractivity contribution in [2.24, 2.45) is 0 Å². The van der Waals surface area contributed by atoms with Crippen LogP contribution in [0.4, 0.5) is 0 Å². The van der Waals surface area contributed by atoms with Crippen LogP contribution in [0.15, 0.2) is 79.4 Å². The maximum Gasteiger partial charge on any atom is 0.338 e. The third kappa shape index (κ3) is 4.11. The molecule has 3 aromatic rings. The SMILES string of the molecule is C=C(c1ccc(C(=O)OCC)cc1)c1ccc2c(c1)C(c1ccc(O)cc1)=CCC2(C)C. The molecule has 3 heteroatoms. The first kappa shape index (κ1) is 21.6. The van der Waals surface area contributed by atoms with E-state index < -0.39 is 0 Å². The molecule has 3 nitrogen and oxygen atoms in total. The van der Waals surface area contributed by atoms with Gasteiger partial charge in [-0.2, -0.15) is 0 Å². The van der Waals surface area contributed by atoms with Gasteiger partial charge in [0.1, 0.15) is 5.75 Å². The number of rotatable bonds is 5. The van der Waals surface area contributed by atoms with Gasteiger partial charge >= 0.3 is 5.97 Å². The van der Waals surface area contributed by atoms with E-state index in [4.69, 9.17) is 4.74 Å². The molecular weight excluding hydrogens is 396 g/mol. The highest BCUT2D eigenvalue weighted by atomic mass is 16.5. The van der Waals surface area contributed by atoms with Gasteiger partial charge < -0.3 is 9.84 Å². The largest absolute Gasteiger partial charge is 0.508 e. The number of esters is 1. The molecule has 0 radical (unpaired) electrons. The Balaban J connectivity index is 1.71. The number of carbonyl (C=O) groups is 1. The van der Waals surface area contributed by atoms with Crippen LogP contribution in [0, 0.1) is 0 Å². The zero-order valence-electron chi connectivity index (χ0n) is 18.8. The average molecular weight is 425 g/mol. The maximum atomic E-state index is 11.9. The fourth-order valence-corrected chi connectivity index (χ4v) is 4.23. The molecule has 1 aliphatic carbocycles. The number of hydrogen-bond donors (Lipinski definition) is 1. The zero-order valence-corrected chi connectivity index (χ0v) is 18.8. The molecule has 32 heavy (non-hydrogen) atoms. The van der Waals surface area contributed by atoms with Crippen LogP contribution < -0.4 is 0 Å². The summed E-state index contributed by atoms with van der Waals surface area (Å²) in [5.41, 5.74) is 8.22. The molecule has 0 unspecified atom stereocenters. The number of hydrogen-bond acceptors (Lipinski definition) is 3. The minimum absolute atomic E-state index is 0.0386. The van der Waals surface area contributed by atoms with Crippen LogP contribution in [0.2, 0.25) is 0 Å². The van der Waals surface area contributed by atoms with Crippen molar-refractivity contribution in [1.82, 2.24) is 0 Å². The summed E-state index contributed by atoms with van der Waals surface area (Å²) in [5.74, 6) is -0.0524. The lowest BCUT2D eigenvalue weighted by molar-refractivity contribution is 0.0526. The first-order valence-electron chi connectivity index (χ1n) is 10.9. The molecule has 3 aromatic carbocycles. The van der Waals surface area contributed by atoms with E-state index in [0.29, 0.717) is 12.2 Å². The summed E-state index contributed by atoms with van der Waals surface area (Å²) >= 11 is 0. The summed E-state index contributed by atoms with van der Waals surface area (Å²) in [6.45, 7) is 11.0. The van der Waals surface area contributed by atoms with Crippen LogP contribution in [0.25, 0.3) is 11.1 Å². The second-order valence-corrected chi connectivity index (χ2v) is 8.79. The van der Waals surface area contributed by atoms with Gasteiger partial charge in [0.2, 0.25) is 0 Å². The van der Waals surface area contributed by atoms with Crippen LogP contribution in [-0.2, 0) is 10.2 Å². The summed E-state index contributed by atoms with van der Waals surface area (Å²) in [7, 11) is 0. The van der Waals surface area contributed by atoms with E-state index in [1.165, 1.54) is 16.7 Å². The van der Waals surface area contributed by atoms with Gasteiger partial charge in [-0.3, -0.25) is 0 Å². The van der Waals surface area contributed by atoms with Crippen molar-refractivity contribution < 1.29 is 14.6 Å². The molecule has 0 amide bonds. The summed E-state index contributed by atoms with van der Waals surface area (Å²) in [5, 5.41) is 9.70. The summed E-state index contributed by atoms with van der Waals surface area (Å²) in [6, 6.07) is 21.3. The van der Waals surface area contributed by atoms with Crippen molar-refractivity contribution in [1.29, 1.82) is 0 Å². The molecule has 0 saturated heterocycles. The van der Waals surface area contributed by atoms with E-state index in [-0.39, 0.29) is 17.1 Å². The zero-order chi connectivity index (χ0) is 22.9. The van der Waals surface area contributed by atoms with Gasteiger partial charge in [0.15, 0.2) is 0 Å².